The SMILES string of the molecule is CC(C)CC(C)OCCCOc1ccccc1CN. The zero-order valence-corrected chi connectivity index (χ0v) is 12.4. The number of para-hydroxylation sites is 1. The minimum atomic E-state index is 0.330. The Kier molecular flexibility index (Phi) is 7.53. The number of hydrogen-bond donors (Lipinski definition) is 1. The zero-order chi connectivity index (χ0) is 14.1. The second-order valence-electron chi connectivity index (χ2n) is 5.32. The van der Waals surface area contributed by atoms with Crippen LogP contribution in [-0.4, -0.2) is 19.3 Å². The number of ether oxygens (including phenoxy) is 2. The highest BCUT2D eigenvalue weighted by Crippen LogP contribution is 2.17. The molecule has 0 radical (unpaired) electrons. The fourth-order valence-corrected chi connectivity index (χ4v) is 2.07. The monoisotopic (exact) mass is 265 g/mol. The van der Waals surface area contributed by atoms with Crippen LogP contribution >= 0.6 is 0 Å². The summed E-state index contributed by atoms with van der Waals surface area (Å²) in [7, 11) is 0. The maximum Gasteiger partial charge on any atom is 0.123 e. The van der Waals surface area contributed by atoms with Gasteiger partial charge in [-0.25, -0.2) is 0 Å². The van der Waals surface area contributed by atoms with Crippen molar-refractivity contribution in [2.75, 3.05) is 13.2 Å². The molecule has 1 unspecified atom stereocenters. The molecule has 0 aromatic heterocycles. The third kappa shape index (κ3) is 6.60. The van der Waals surface area contributed by atoms with Crippen LogP contribution in [0.4, 0.5) is 0 Å². The summed E-state index contributed by atoms with van der Waals surface area (Å²) >= 11 is 0. The minimum Gasteiger partial charge on any atom is -0.493 e. The molecule has 0 amide bonds. The first-order valence-corrected chi connectivity index (χ1v) is 7.15. The Morgan fingerprint density at radius 1 is 1.11 bits per heavy atom. The molecular formula is C16H27NO2. The van der Waals surface area contributed by atoms with E-state index in [0.29, 0.717) is 25.2 Å². The van der Waals surface area contributed by atoms with Gasteiger partial charge in [-0.3, -0.25) is 0 Å². The van der Waals surface area contributed by atoms with Crippen LogP contribution in [0.1, 0.15) is 39.2 Å². The molecule has 0 fully saturated rings. The number of nitrogens with two attached hydrogens (primary N) is 1. The molecule has 1 aromatic carbocycles. The summed E-state index contributed by atoms with van der Waals surface area (Å²) in [6, 6.07) is 7.91. The summed E-state index contributed by atoms with van der Waals surface area (Å²) in [5, 5.41) is 0. The van der Waals surface area contributed by atoms with Gasteiger partial charge < -0.3 is 15.2 Å². The summed E-state index contributed by atoms with van der Waals surface area (Å²) in [6.45, 7) is 8.49. The molecule has 3 heteroatoms. The molecule has 0 saturated carbocycles. The van der Waals surface area contributed by atoms with E-state index in [4.69, 9.17) is 15.2 Å². The normalized spacial score (nSPS) is 12.7. The average Bonchev–Trinajstić information content (AvgIpc) is 2.38. The van der Waals surface area contributed by atoms with Crippen molar-refractivity contribution in [1.29, 1.82) is 0 Å². The Hall–Kier alpha value is -1.06. The van der Waals surface area contributed by atoms with Crippen molar-refractivity contribution >= 4 is 0 Å². The van der Waals surface area contributed by atoms with E-state index >= 15 is 0 Å². The maximum atomic E-state index is 5.74. The second kappa shape index (κ2) is 8.94. The van der Waals surface area contributed by atoms with Crippen LogP contribution in [0.3, 0.4) is 0 Å². The second-order valence-corrected chi connectivity index (χ2v) is 5.32. The standard InChI is InChI=1S/C16H27NO2/c1-13(2)11-14(3)18-9-6-10-19-16-8-5-4-7-15(16)12-17/h4-5,7-8,13-14H,6,9-12,17H2,1-3H3. The van der Waals surface area contributed by atoms with Crippen molar-refractivity contribution in [3.8, 4) is 5.75 Å². The fourth-order valence-electron chi connectivity index (χ4n) is 2.07. The Morgan fingerprint density at radius 2 is 1.84 bits per heavy atom. The predicted octanol–water partition coefficient (Wildman–Crippen LogP) is 3.37. The highest BCUT2D eigenvalue weighted by Gasteiger charge is 2.05. The topological polar surface area (TPSA) is 44.5 Å². The molecule has 0 heterocycles. The summed E-state index contributed by atoms with van der Waals surface area (Å²) < 4.78 is 11.5. The first-order valence-electron chi connectivity index (χ1n) is 7.15. The molecule has 3 nitrogen and oxygen atoms in total. The van der Waals surface area contributed by atoms with Gasteiger partial charge in [-0.15, -0.1) is 0 Å². The molecule has 108 valence electrons. The molecule has 0 bridgehead atoms. The largest absolute Gasteiger partial charge is 0.493 e. The van der Waals surface area contributed by atoms with Crippen LogP contribution in [0.2, 0.25) is 0 Å². The van der Waals surface area contributed by atoms with Crippen LogP contribution in [0.15, 0.2) is 24.3 Å². The van der Waals surface area contributed by atoms with E-state index < -0.39 is 0 Å². The predicted molar refractivity (Wildman–Crippen MR) is 79.3 cm³/mol. The van der Waals surface area contributed by atoms with Crippen molar-refractivity contribution in [2.24, 2.45) is 11.7 Å². The average molecular weight is 265 g/mol. The molecule has 19 heavy (non-hydrogen) atoms. The lowest BCUT2D eigenvalue weighted by Crippen LogP contribution is -2.14. The highest BCUT2D eigenvalue weighted by atomic mass is 16.5. The Morgan fingerprint density at radius 3 is 2.53 bits per heavy atom. The molecule has 0 aliphatic carbocycles. The van der Waals surface area contributed by atoms with Crippen molar-refractivity contribution in [2.45, 2.75) is 46.3 Å². The van der Waals surface area contributed by atoms with E-state index in [1.807, 2.05) is 24.3 Å². The number of benzene rings is 1. The summed E-state index contributed by atoms with van der Waals surface area (Å²) in [5.41, 5.74) is 6.71. The lowest BCUT2D eigenvalue weighted by molar-refractivity contribution is 0.0447. The van der Waals surface area contributed by atoms with Gasteiger partial charge in [0.05, 0.1) is 19.3 Å². The molecular weight excluding hydrogens is 238 g/mol. The van der Waals surface area contributed by atoms with Crippen LogP contribution in [0.5, 0.6) is 5.75 Å². The van der Waals surface area contributed by atoms with E-state index in [2.05, 4.69) is 20.8 Å². The van der Waals surface area contributed by atoms with E-state index in [1.165, 1.54) is 0 Å². The number of hydrogen-bond acceptors (Lipinski definition) is 3. The Labute approximate surface area is 117 Å². The van der Waals surface area contributed by atoms with Gasteiger partial charge in [0, 0.05) is 18.5 Å². The van der Waals surface area contributed by atoms with Gasteiger partial charge in [-0.2, -0.15) is 0 Å². The van der Waals surface area contributed by atoms with Crippen molar-refractivity contribution < 1.29 is 9.47 Å². The first-order chi connectivity index (χ1) is 9.13. The van der Waals surface area contributed by atoms with E-state index in [0.717, 1.165) is 30.8 Å². The van der Waals surface area contributed by atoms with Gasteiger partial charge in [-0.05, 0) is 25.3 Å². The fraction of sp³-hybridized carbons (Fsp3) is 0.625. The summed E-state index contributed by atoms with van der Waals surface area (Å²) in [5.74, 6) is 1.57. The quantitative estimate of drug-likeness (QED) is 0.696. The van der Waals surface area contributed by atoms with E-state index in [9.17, 15) is 0 Å². The zero-order valence-electron chi connectivity index (χ0n) is 12.4. The molecule has 0 saturated heterocycles. The first kappa shape index (κ1) is 16.0. The maximum absolute atomic E-state index is 5.74. The van der Waals surface area contributed by atoms with Crippen molar-refractivity contribution in [1.82, 2.24) is 0 Å². The van der Waals surface area contributed by atoms with Crippen LogP contribution in [-0.2, 0) is 11.3 Å². The van der Waals surface area contributed by atoms with Gasteiger partial charge in [0.1, 0.15) is 5.75 Å². The van der Waals surface area contributed by atoms with Crippen LogP contribution < -0.4 is 10.5 Å². The van der Waals surface area contributed by atoms with Gasteiger partial charge in [0.15, 0.2) is 0 Å². The number of rotatable bonds is 9. The summed E-state index contributed by atoms with van der Waals surface area (Å²) in [4.78, 5) is 0. The van der Waals surface area contributed by atoms with Gasteiger partial charge in [0.2, 0.25) is 0 Å². The van der Waals surface area contributed by atoms with Gasteiger partial charge in [0.25, 0.3) is 0 Å². The molecule has 0 aliphatic heterocycles. The highest BCUT2D eigenvalue weighted by molar-refractivity contribution is 5.32. The van der Waals surface area contributed by atoms with Crippen molar-refractivity contribution in [3.05, 3.63) is 29.8 Å². The van der Waals surface area contributed by atoms with Gasteiger partial charge >= 0.3 is 0 Å². The molecule has 1 aromatic rings. The van der Waals surface area contributed by atoms with Crippen LogP contribution in [0, 0.1) is 5.92 Å². The van der Waals surface area contributed by atoms with Gasteiger partial charge in [-0.1, -0.05) is 32.0 Å². The molecule has 2 N–H and O–H groups in total. The third-order valence-electron chi connectivity index (χ3n) is 2.94. The third-order valence-corrected chi connectivity index (χ3v) is 2.94. The lowest BCUT2D eigenvalue weighted by Gasteiger charge is -2.15. The van der Waals surface area contributed by atoms with Crippen LogP contribution in [0.25, 0.3) is 0 Å². The molecule has 0 aliphatic rings. The smallest absolute Gasteiger partial charge is 0.123 e. The summed E-state index contributed by atoms with van der Waals surface area (Å²) in [6.07, 6.45) is 2.34. The molecule has 1 rings (SSSR count). The lowest BCUT2D eigenvalue weighted by atomic mass is 10.1. The Bertz CT molecular complexity index is 352. The molecule has 1 atom stereocenters. The van der Waals surface area contributed by atoms with Crippen molar-refractivity contribution in [3.63, 3.8) is 0 Å². The van der Waals surface area contributed by atoms with E-state index in [1.54, 1.807) is 0 Å². The molecule has 0 spiro atoms. The minimum absolute atomic E-state index is 0.330. The Balaban J connectivity index is 2.17. The van der Waals surface area contributed by atoms with E-state index in [-0.39, 0.29) is 0 Å².